The third-order valence-corrected chi connectivity index (χ3v) is 2.81. The molecule has 6 nitrogen and oxygen atoms in total. The summed E-state index contributed by atoms with van der Waals surface area (Å²) in [6.45, 7) is 5.13. The minimum Gasteiger partial charge on any atom is -0.324 e. The number of nitrogens with two attached hydrogens (primary N) is 1. The summed E-state index contributed by atoms with van der Waals surface area (Å²) in [6.07, 6.45) is 1.88. The van der Waals surface area contributed by atoms with E-state index in [9.17, 15) is 14.9 Å². The van der Waals surface area contributed by atoms with E-state index < -0.39 is 16.9 Å². The second-order valence-electron chi connectivity index (χ2n) is 4.00. The number of anilines is 1. The fourth-order valence-electron chi connectivity index (χ4n) is 1.45. The highest BCUT2D eigenvalue weighted by molar-refractivity contribution is 6.33. The third-order valence-electron chi connectivity index (χ3n) is 2.51. The van der Waals surface area contributed by atoms with E-state index in [1.807, 2.05) is 0 Å². The predicted molar refractivity (Wildman–Crippen MR) is 74.3 cm³/mol. The molecule has 0 radical (unpaired) electrons. The first-order valence-electron chi connectivity index (χ1n) is 5.48. The van der Waals surface area contributed by atoms with Crippen LogP contribution in [-0.2, 0) is 4.79 Å². The zero-order valence-electron chi connectivity index (χ0n) is 10.4. The number of nitro benzene ring substituents is 1. The highest BCUT2D eigenvalue weighted by Crippen LogP contribution is 2.30. The van der Waals surface area contributed by atoms with Crippen molar-refractivity contribution in [1.82, 2.24) is 0 Å². The molecule has 1 unspecified atom stereocenters. The molecule has 1 rings (SSSR count). The Kier molecular flexibility index (Phi) is 5.02. The van der Waals surface area contributed by atoms with E-state index in [0.717, 1.165) is 0 Å². The Balaban J connectivity index is 2.97. The lowest BCUT2D eigenvalue weighted by atomic mass is 10.1. The van der Waals surface area contributed by atoms with Crippen LogP contribution >= 0.6 is 11.6 Å². The number of nitrogens with zero attached hydrogens (tertiary/aromatic N) is 1. The Morgan fingerprint density at radius 1 is 1.68 bits per heavy atom. The van der Waals surface area contributed by atoms with Crippen molar-refractivity contribution >= 4 is 28.9 Å². The summed E-state index contributed by atoms with van der Waals surface area (Å²) < 4.78 is 0. The summed E-state index contributed by atoms with van der Waals surface area (Å²) in [7, 11) is 0. The number of nitro groups is 1. The Bertz CT molecular complexity index is 531. The van der Waals surface area contributed by atoms with Gasteiger partial charge in [0.25, 0.3) is 5.69 Å². The number of carbonyl (C=O) groups is 1. The van der Waals surface area contributed by atoms with Crippen LogP contribution in [0.25, 0.3) is 0 Å². The van der Waals surface area contributed by atoms with Crippen LogP contribution in [0.1, 0.15) is 12.0 Å². The van der Waals surface area contributed by atoms with Crippen molar-refractivity contribution in [2.75, 3.05) is 5.32 Å². The molecule has 0 spiro atoms. The molecule has 0 aromatic heterocycles. The van der Waals surface area contributed by atoms with Crippen LogP contribution < -0.4 is 11.1 Å². The van der Waals surface area contributed by atoms with E-state index in [2.05, 4.69) is 11.9 Å². The molecule has 0 aliphatic heterocycles. The molecule has 0 heterocycles. The minimum absolute atomic E-state index is 0.0387. The molecule has 7 heteroatoms. The molecule has 1 aromatic carbocycles. The zero-order valence-corrected chi connectivity index (χ0v) is 11.1. The molecule has 1 aromatic rings. The van der Waals surface area contributed by atoms with E-state index >= 15 is 0 Å². The topological polar surface area (TPSA) is 98.3 Å². The number of hydrogen-bond acceptors (Lipinski definition) is 4. The summed E-state index contributed by atoms with van der Waals surface area (Å²) >= 11 is 5.78. The maximum absolute atomic E-state index is 11.7. The third kappa shape index (κ3) is 3.77. The van der Waals surface area contributed by atoms with Gasteiger partial charge in [-0.2, -0.15) is 0 Å². The molecule has 0 fully saturated rings. The van der Waals surface area contributed by atoms with Gasteiger partial charge in [-0.3, -0.25) is 14.9 Å². The highest BCUT2D eigenvalue weighted by Gasteiger charge is 2.18. The van der Waals surface area contributed by atoms with Gasteiger partial charge in [-0.1, -0.05) is 17.7 Å². The molecule has 0 aliphatic rings. The number of halogens is 1. The molecular formula is C12H14ClN3O3. The first kappa shape index (κ1) is 15.1. The number of rotatable bonds is 5. The van der Waals surface area contributed by atoms with E-state index in [1.54, 1.807) is 13.0 Å². The monoisotopic (exact) mass is 283 g/mol. The van der Waals surface area contributed by atoms with Crippen LogP contribution in [-0.4, -0.2) is 16.9 Å². The molecule has 19 heavy (non-hydrogen) atoms. The first-order valence-corrected chi connectivity index (χ1v) is 5.86. The maximum Gasteiger partial charge on any atom is 0.288 e. The van der Waals surface area contributed by atoms with Gasteiger partial charge in [0.1, 0.15) is 5.02 Å². The number of hydrogen-bond donors (Lipinski definition) is 2. The Labute approximate surface area is 115 Å². The second kappa shape index (κ2) is 6.31. The normalized spacial score (nSPS) is 11.7. The summed E-state index contributed by atoms with van der Waals surface area (Å²) in [6, 6.07) is 1.93. The average molecular weight is 284 g/mol. The molecule has 1 amide bonds. The molecule has 0 bridgehead atoms. The lowest BCUT2D eigenvalue weighted by Crippen LogP contribution is -2.35. The predicted octanol–water partition coefficient (Wildman–Crippen LogP) is 2.40. The van der Waals surface area contributed by atoms with Crippen molar-refractivity contribution in [1.29, 1.82) is 0 Å². The van der Waals surface area contributed by atoms with Gasteiger partial charge < -0.3 is 11.1 Å². The SMILES string of the molecule is C=CCC(N)C(=O)Nc1cc(Cl)c([N+](=O)[O-])cc1C. The van der Waals surface area contributed by atoms with Gasteiger partial charge in [0.2, 0.25) is 5.91 Å². The van der Waals surface area contributed by atoms with Crippen molar-refractivity contribution in [2.45, 2.75) is 19.4 Å². The van der Waals surface area contributed by atoms with Gasteiger partial charge in [0.15, 0.2) is 0 Å². The largest absolute Gasteiger partial charge is 0.324 e. The molecule has 0 saturated carbocycles. The van der Waals surface area contributed by atoms with Crippen molar-refractivity contribution in [3.63, 3.8) is 0 Å². The summed E-state index contributed by atoms with van der Waals surface area (Å²) in [5.74, 6) is -0.395. The van der Waals surface area contributed by atoms with Crippen LogP contribution in [0.4, 0.5) is 11.4 Å². The van der Waals surface area contributed by atoms with Crippen LogP contribution in [0.5, 0.6) is 0 Å². The van der Waals surface area contributed by atoms with E-state index in [1.165, 1.54) is 12.1 Å². The number of benzene rings is 1. The lowest BCUT2D eigenvalue weighted by Gasteiger charge is -2.12. The molecular weight excluding hydrogens is 270 g/mol. The summed E-state index contributed by atoms with van der Waals surface area (Å²) in [5, 5.41) is 13.2. The van der Waals surface area contributed by atoms with Gasteiger partial charge in [-0.15, -0.1) is 6.58 Å². The lowest BCUT2D eigenvalue weighted by molar-refractivity contribution is -0.384. The standard InChI is InChI=1S/C12H14ClN3O3/c1-3-4-9(14)12(17)15-10-6-8(13)11(16(18)19)5-7(10)2/h3,5-6,9H,1,4,14H2,2H3,(H,15,17). The Hall–Kier alpha value is -1.92. The molecule has 102 valence electrons. The summed E-state index contributed by atoms with van der Waals surface area (Å²) in [5.41, 5.74) is 6.36. The smallest absolute Gasteiger partial charge is 0.288 e. The van der Waals surface area contributed by atoms with Crippen molar-refractivity contribution < 1.29 is 9.72 Å². The van der Waals surface area contributed by atoms with Gasteiger partial charge >= 0.3 is 0 Å². The van der Waals surface area contributed by atoms with E-state index in [-0.39, 0.29) is 10.7 Å². The second-order valence-corrected chi connectivity index (χ2v) is 4.40. The van der Waals surface area contributed by atoms with Crippen molar-refractivity contribution in [2.24, 2.45) is 5.73 Å². The van der Waals surface area contributed by atoms with Crippen LogP contribution in [0.2, 0.25) is 5.02 Å². The number of aryl methyl sites for hydroxylation is 1. The molecule has 3 N–H and O–H groups in total. The number of amides is 1. The van der Waals surface area contributed by atoms with Gasteiger partial charge in [0.05, 0.1) is 11.0 Å². The molecule has 0 aliphatic carbocycles. The number of nitrogens with one attached hydrogen (secondary N) is 1. The van der Waals surface area contributed by atoms with Gasteiger partial charge in [-0.05, 0) is 25.0 Å². The first-order chi connectivity index (χ1) is 8.86. The summed E-state index contributed by atoms with van der Waals surface area (Å²) in [4.78, 5) is 21.8. The van der Waals surface area contributed by atoms with Crippen LogP contribution in [0, 0.1) is 17.0 Å². The number of carbonyl (C=O) groups excluding carboxylic acids is 1. The van der Waals surface area contributed by atoms with E-state index in [4.69, 9.17) is 17.3 Å². The minimum atomic E-state index is -0.717. The van der Waals surface area contributed by atoms with Crippen molar-refractivity contribution in [3.05, 3.63) is 45.5 Å². The van der Waals surface area contributed by atoms with Gasteiger partial charge in [0, 0.05) is 11.8 Å². The molecule has 0 saturated heterocycles. The van der Waals surface area contributed by atoms with Crippen LogP contribution in [0.3, 0.4) is 0 Å². The van der Waals surface area contributed by atoms with Crippen LogP contribution in [0.15, 0.2) is 24.8 Å². The molecule has 1 atom stereocenters. The zero-order chi connectivity index (χ0) is 14.6. The Morgan fingerprint density at radius 3 is 2.84 bits per heavy atom. The fraction of sp³-hybridized carbons (Fsp3) is 0.250. The van der Waals surface area contributed by atoms with E-state index in [0.29, 0.717) is 17.7 Å². The quantitative estimate of drug-likeness (QED) is 0.492. The van der Waals surface area contributed by atoms with Crippen molar-refractivity contribution in [3.8, 4) is 0 Å². The highest BCUT2D eigenvalue weighted by atomic mass is 35.5. The Morgan fingerprint density at radius 2 is 2.32 bits per heavy atom. The van der Waals surface area contributed by atoms with Gasteiger partial charge in [-0.25, -0.2) is 0 Å². The average Bonchev–Trinajstić information content (AvgIpc) is 2.33. The maximum atomic E-state index is 11.7. The fourth-order valence-corrected chi connectivity index (χ4v) is 1.69.